The number of amides is 1. The first-order valence-electron chi connectivity index (χ1n) is 13.5. The molecule has 2 atom stereocenters. The van der Waals surface area contributed by atoms with Crippen molar-refractivity contribution in [3.05, 3.63) is 113 Å². The molecule has 9 heteroatoms. The SMILES string of the molecule is COC(=O)c1cccc(-n2c(C)cc([C@@H]3[C@H](c4ccccn4)NC(=S)N3CCC(=O)Nc3ccccc3C)c2C)c1. The molecular weight excluding hydrogens is 534 g/mol. The first-order valence-corrected chi connectivity index (χ1v) is 13.9. The van der Waals surface area contributed by atoms with Crippen molar-refractivity contribution in [1.29, 1.82) is 0 Å². The Hall–Kier alpha value is -4.50. The van der Waals surface area contributed by atoms with E-state index in [4.69, 9.17) is 17.0 Å². The molecule has 41 heavy (non-hydrogen) atoms. The van der Waals surface area contributed by atoms with E-state index in [0.717, 1.165) is 39.6 Å². The monoisotopic (exact) mass is 567 g/mol. The second kappa shape index (κ2) is 11.9. The number of thiocarbonyl (C=S) groups is 1. The van der Waals surface area contributed by atoms with E-state index in [-0.39, 0.29) is 30.4 Å². The van der Waals surface area contributed by atoms with E-state index in [2.05, 4.69) is 38.1 Å². The third-order valence-corrected chi connectivity index (χ3v) is 7.86. The zero-order valence-electron chi connectivity index (χ0n) is 23.5. The number of methoxy groups -OCH3 is 1. The minimum Gasteiger partial charge on any atom is -0.465 e. The van der Waals surface area contributed by atoms with Crippen LogP contribution in [0.25, 0.3) is 5.69 Å². The number of nitrogens with one attached hydrogen (secondary N) is 2. The average molecular weight is 568 g/mol. The van der Waals surface area contributed by atoms with Crippen LogP contribution in [-0.4, -0.2) is 45.1 Å². The predicted octanol–water partition coefficient (Wildman–Crippen LogP) is 5.59. The van der Waals surface area contributed by atoms with Gasteiger partial charge < -0.3 is 24.8 Å². The molecule has 1 fully saturated rings. The molecule has 8 nitrogen and oxygen atoms in total. The minimum atomic E-state index is -0.384. The summed E-state index contributed by atoms with van der Waals surface area (Å²) in [6.07, 6.45) is 2.04. The van der Waals surface area contributed by atoms with Gasteiger partial charge in [0.05, 0.1) is 30.5 Å². The average Bonchev–Trinajstić information content (AvgIpc) is 3.47. The lowest BCUT2D eigenvalue weighted by atomic mass is 9.96. The number of carbonyl (C=O) groups excluding carboxylic acids is 2. The molecule has 1 saturated heterocycles. The van der Waals surface area contributed by atoms with Crippen LogP contribution < -0.4 is 10.6 Å². The molecule has 1 aliphatic heterocycles. The number of hydrogen-bond donors (Lipinski definition) is 2. The molecule has 5 rings (SSSR count). The van der Waals surface area contributed by atoms with Gasteiger partial charge in [-0.3, -0.25) is 9.78 Å². The molecule has 0 bridgehead atoms. The van der Waals surface area contributed by atoms with Crippen LogP contribution >= 0.6 is 12.2 Å². The van der Waals surface area contributed by atoms with Crippen LogP contribution in [-0.2, 0) is 9.53 Å². The summed E-state index contributed by atoms with van der Waals surface area (Å²) >= 11 is 5.83. The summed E-state index contributed by atoms with van der Waals surface area (Å²) in [6.45, 7) is 6.50. The maximum atomic E-state index is 13.0. The maximum absolute atomic E-state index is 13.0. The van der Waals surface area contributed by atoms with Gasteiger partial charge in [0.15, 0.2) is 5.11 Å². The summed E-state index contributed by atoms with van der Waals surface area (Å²) < 4.78 is 7.06. The van der Waals surface area contributed by atoms with Gasteiger partial charge in [0.2, 0.25) is 5.91 Å². The molecular formula is C32H33N5O3S. The van der Waals surface area contributed by atoms with Crippen LogP contribution in [0.5, 0.6) is 0 Å². The minimum absolute atomic E-state index is 0.0766. The third kappa shape index (κ3) is 5.71. The summed E-state index contributed by atoms with van der Waals surface area (Å²) in [6, 6.07) is 22.7. The Morgan fingerprint density at radius 3 is 2.54 bits per heavy atom. The van der Waals surface area contributed by atoms with Gasteiger partial charge in [0, 0.05) is 41.9 Å². The molecule has 0 unspecified atom stereocenters. The highest BCUT2D eigenvalue weighted by Gasteiger charge is 2.41. The van der Waals surface area contributed by atoms with E-state index in [0.29, 0.717) is 17.2 Å². The normalized spacial score (nSPS) is 16.4. The van der Waals surface area contributed by atoms with Crippen molar-refractivity contribution < 1.29 is 14.3 Å². The fraction of sp³-hybridized carbons (Fsp3) is 0.250. The second-order valence-electron chi connectivity index (χ2n) is 10.1. The fourth-order valence-corrected chi connectivity index (χ4v) is 5.84. The number of para-hydroxylation sites is 1. The number of nitrogens with zero attached hydrogens (tertiary/aromatic N) is 3. The zero-order valence-corrected chi connectivity index (χ0v) is 24.4. The summed E-state index contributed by atoms with van der Waals surface area (Å²) in [5.74, 6) is -0.461. The van der Waals surface area contributed by atoms with Crippen molar-refractivity contribution in [1.82, 2.24) is 19.8 Å². The first kappa shape index (κ1) is 28.0. The quantitative estimate of drug-likeness (QED) is 0.212. The summed E-state index contributed by atoms with van der Waals surface area (Å²) in [7, 11) is 1.38. The molecule has 2 aromatic heterocycles. The van der Waals surface area contributed by atoms with Gasteiger partial charge in [-0.1, -0.05) is 30.3 Å². The molecule has 2 N–H and O–H groups in total. The van der Waals surface area contributed by atoms with Gasteiger partial charge in [0.25, 0.3) is 0 Å². The van der Waals surface area contributed by atoms with Gasteiger partial charge in [-0.15, -0.1) is 0 Å². The van der Waals surface area contributed by atoms with E-state index in [9.17, 15) is 9.59 Å². The number of aromatic nitrogens is 2. The Morgan fingerprint density at radius 1 is 1.02 bits per heavy atom. The van der Waals surface area contributed by atoms with Crippen molar-refractivity contribution >= 4 is 34.9 Å². The highest BCUT2D eigenvalue weighted by atomic mass is 32.1. The summed E-state index contributed by atoms with van der Waals surface area (Å²) in [5, 5.41) is 7.08. The topological polar surface area (TPSA) is 88.5 Å². The summed E-state index contributed by atoms with van der Waals surface area (Å²) in [4.78, 5) is 31.9. The van der Waals surface area contributed by atoms with E-state index < -0.39 is 0 Å². The van der Waals surface area contributed by atoms with E-state index in [1.165, 1.54) is 7.11 Å². The summed E-state index contributed by atoms with van der Waals surface area (Å²) in [5.41, 5.74) is 7.11. The number of pyridine rings is 1. The Morgan fingerprint density at radius 2 is 1.80 bits per heavy atom. The van der Waals surface area contributed by atoms with E-state index >= 15 is 0 Å². The van der Waals surface area contributed by atoms with E-state index in [1.807, 2.05) is 74.5 Å². The lowest BCUT2D eigenvalue weighted by Crippen LogP contribution is -2.33. The van der Waals surface area contributed by atoms with Gasteiger partial charge in [0.1, 0.15) is 0 Å². The van der Waals surface area contributed by atoms with Gasteiger partial charge in [-0.2, -0.15) is 0 Å². The maximum Gasteiger partial charge on any atom is 0.337 e. The Labute approximate surface area is 245 Å². The van der Waals surface area contributed by atoms with Gasteiger partial charge in [-0.05, 0) is 86.6 Å². The smallest absolute Gasteiger partial charge is 0.337 e. The Balaban J connectivity index is 1.49. The van der Waals surface area contributed by atoms with Crippen LogP contribution in [0.1, 0.15) is 57.1 Å². The number of anilines is 1. The largest absolute Gasteiger partial charge is 0.465 e. The van der Waals surface area contributed by atoms with Crippen LogP contribution in [0.15, 0.2) is 79.0 Å². The molecule has 4 aromatic rings. The second-order valence-corrected chi connectivity index (χ2v) is 10.5. The number of carbonyl (C=O) groups is 2. The van der Waals surface area contributed by atoms with Crippen molar-refractivity contribution in [2.75, 3.05) is 19.0 Å². The number of rotatable bonds is 8. The molecule has 210 valence electrons. The molecule has 2 aromatic carbocycles. The van der Waals surface area contributed by atoms with Crippen LogP contribution in [0.4, 0.5) is 5.69 Å². The Kier molecular flexibility index (Phi) is 8.16. The van der Waals surface area contributed by atoms with Gasteiger partial charge >= 0.3 is 5.97 Å². The number of hydrogen-bond acceptors (Lipinski definition) is 5. The van der Waals surface area contributed by atoms with Crippen LogP contribution in [0.2, 0.25) is 0 Å². The lowest BCUT2D eigenvalue weighted by molar-refractivity contribution is -0.116. The highest BCUT2D eigenvalue weighted by molar-refractivity contribution is 7.80. The van der Waals surface area contributed by atoms with Crippen molar-refractivity contribution in [3.8, 4) is 5.69 Å². The van der Waals surface area contributed by atoms with Crippen molar-refractivity contribution in [3.63, 3.8) is 0 Å². The number of benzene rings is 2. The molecule has 1 amide bonds. The molecule has 0 aliphatic carbocycles. The van der Waals surface area contributed by atoms with Crippen LogP contribution in [0.3, 0.4) is 0 Å². The predicted molar refractivity (Wildman–Crippen MR) is 163 cm³/mol. The van der Waals surface area contributed by atoms with E-state index in [1.54, 1.807) is 12.3 Å². The first-order chi connectivity index (χ1) is 19.8. The number of ether oxygens (including phenoxy) is 1. The molecule has 0 radical (unpaired) electrons. The zero-order chi connectivity index (χ0) is 29.1. The Bertz CT molecular complexity index is 1600. The number of esters is 1. The molecule has 0 saturated carbocycles. The fourth-order valence-electron chi connectivity index (χ4n) is 5.51. The number of aryl methyl sites for hydroxylation is 2. The lowest BCUT2D eigenvalue weighted by Gasteiger charge is -2.28. The standard InChI is InChI=1S/C32H33N5O3S/c1-20-10-5-6-13-26(20)34-28(38)15-17-36-30(29(35-32(36)41)27-14-7-8-16-33-27)25-18-21(2)37(22(25)3)24-12-9-11-23(19-24)31(39)40-4/h5-14,16,18-19,29-30H,15,17H2,1-4H3,(H,34,38)(H,35,41)/t29-,30+/m0/s1. The van der Waals surface area contributed by atoms with Crippen LogP contribution in [0, 0.1) is 20.8 Å². The third-order valence-electron chi connectivity index (χ3n) is 7.51. The van der Waals surface area contributed by atoms with Crippen molar-refractivity contribution in [2.24, 2.45) is 0 Å². The highest BCUT2D eigenvalue weighted by Crippen LogP contribution is 2.41. The van der Waals surface area contributed by atoms with Gasteiger partial charge in [-0.25, -0.2) is 4.79 Å². The molecule has 3 heterocycles. The molecule has 1 aliphatic rings. The molecule has 0 spiro atoms. The van der Waals surface area contributed by atoms with Crippen molar-refractivity contribution in [2.45, 2.75) is 39.3 Å².